The van der Waals surface area contributed by atoms with Crippen molar-refractivity contribution in [2.45, 2.75) is 18.8 Å². The number of hydrogen-bond acceptors (Lipinski definition) is 4. The third-order valence-electron chi connectivity index (χ3n) is 3.19. The van der Waals surface area contributed by atoms with Crippen molar-refractivity contribution in [2.24, 2.45) is 0 Å². The van der Waals surface area contributed by atoms with E-state index in [4.69, 9.17) is 4.74 Å². The molecule has 0 amide bonds. The van der Waals surface area contributed by atoms with Crippen LogP contribution < -0.4 is 0 Å². The molecule has 5 heteroatoms. The fraction of sp³-hybridized carbons (Fsp3) is 0.417. The molecule has 1 aliphatic heterocycles. The van der Waals surface area contributed by atoms with Gasteiger partial charge in [-0.1, -0.05) is 0 Å². The lowest BCUT2D eigenvalue weighted by Gasteiger charge is -2.20. The van der Waals surface area contributed by atoms with Crippen LogP contribution in [0.15, 0.2) is 18.5 Å². The summed E-state index contributed by atoms with van der Waals surface area (Å²) < 4.78 is 7.01. The molecular weight excluding hydrogens is 218 g/mol. The molecule has 0 N–H and O–H groups in total. The van der Waals surface area contributed by atoms with E-state index in [2.05, 4.69) is 10.1 Å². The minimum atomic E-state index is 0.311. The second-order valence-electron chi connectivity index (χ2n) is 4.19. The van der Waals surface area contributed by atoms with Crippen LogP contribution in [-0.2, 0) is 4.74 Å². The van der Waals surface area contributed by atoms with Gasteiger partial charge in [0.2, 0.25) is 0 Å². The SMILES string of the molecule is O=Cc1c(C2CCOCC2)nn2cccnc12. The van der Waals surface area contributed by atoms with Gasteiger partial charge in [0.15, 0.2) is 11.9 Å². The zero-order valence-corrected chi connectivity index (χ0v) is 9.37. The second-order valence-corrected chi connectivity index (χ2v) is 4.19. The number of fused-ring (bicyclic) bond motifs is 1. The van der Waals surface area contributed by atoms with Gasteiger partial charge in [0.1, 0.15) is 0 Å². The van der Waals surface area contributed by atoms with Gasteiger partial charge < -0.3 is 4.74 Å². The number of hydrogen-bond donors (Lipinski definition) is 0. The molecule has 0 bridgehead atoms. The van der Waals surface area contributed by atoms with Crippen molar-refractivity contribution in [3.63, 3.8) is 0 Å². The van der Waals surface area contributed by atoms with Crippen LogP contribution in [0, 0.1) is 0 Å². The maximum atomic E-state index is 11.2. The molecular formula is C12H13N3O2. The van der Waals surface area contributed by atoms with Gasteiger partial charge in [0.05, 0.1) is 11.3 Å². The van der Waals surface area contributed by atoms with Gasteiger partial charge in [-0.25, -0.2) is 9.50 Å². The third kappa shape index (κ3) is 1.72. The molecule has 0 saturated carbocycles. The topological polar surface area (TPSA) is 56.5 Å². The van der Waals surface area contributed by atoms with E-state index < -0.39 is 0 Å². The summed E-state index contributed by atoms with van der Waals surface area (Å²) in [6.45, 7) is 1.48. The predicted molar refractivity (Wildman–Crippen MR) is 61.2 cm³/mol. The average Bonchev–Trinajstić information content (AvgIpc) is 2.78. The van der Waals surface area contributed by atoms with Crippen molar-refractivity contribution in [3.05, 3.63) is 29.7 Å². The van der Waals surface area contributed by atoms with Gasteiger partial charge in [-0.15, -0.1) is 0 Å². The van der Waals surface area contributed by atoms with Gasteiger partial charge in [0, 0.05) is 31.5 Å². The van der Waals surface area contributed by atoms with Gasteiger partial charge in [-0.2, -0.15) is 5.10 Å². The summed E-state index contributed by atoms with van der Waals surface area (Å²) in [4.78, 5) is 15.4. The van der Waals surface area contributed by atoms with E-state index in [9.17, 15) is 4.79 Å². The zero-order chi connectivity index (χ0) is 11.7. The highest BCUT2D eigenvalue weighted by Gasteiger charge is 2.23. The van der Waals surface area contributed by atoms with Crippen LogP contribution in [0.4, 0.5) is 0 Å². The molecule has 0 spiro atoms. The van der Waals surface area contributed by atoms with Crippen molar-refractivity contribution < 1.29 is 9.53 Å². The number of aldehydes is 1. The van der Waals surface area contributed by atoms with Crippen LogP contribution in [0.2, 0.25) is 0 Å². The Balaban J connectivity index is 2.11. The Hall–Kier alpha value is -1.75. The Morgan fingerprint density at radius 2 is 2.24 bits per heavy atom. The van der Waals surface area contributed by atoms with E-state index in [0.29, 0.717) is 17.1 Å². The van der Waals surface area contributed by atoms with Gasteiger partial charge >= 0.3 is 0 Å². The normalized spacial score (nSPS) is 17.4. The van der Waals surface area contributed by atoms with Gasteiger partial charge in [-0.3, -0.25) is 4.79 Å². The van der Waals surface area contributed by atoms with Crippen LogP contribution in [0.1, 0.15) is 34.8 Å². The van der Waals surface area contributed by atoms with Crippen LogP contribution in [0.5, 0.6) is 0 Å². The highest BCUT2D eigenvalue weighted by Crippen LogP contribution is 2.29. The molecule has 1 fully saturated rings. The molecule has 88 valence electrons. The van der Waals surface area contributed by atoms with Crippen LogP contribution >= 0.6 is 0 Å². The first-order valence-electron chi connectivity index (χ1n) is 5.76. The number of carbonyl (C=O) groups excluding carboxylic acids is 1. The first kappa shape index (κ1) is 10.4. The Bertz CT molecular complexity index is 544. The fourth-order valence-corrected chi connectivity index (χ4v) is 2.31. The first-order chi connectivity index (χ1) is 8.40. The molecule has 0 aliphatic carbocycles. The molecule has 5 nitrogen and oxygen atoms in total. The lowest BCUT2D eigenvalue weighted by Crippen LogP contribution is -2.15. The maximum absolute atomic E-state index is 11.2. The number of carbonyl (C=O) groups is 1. The molecule has 3 heterocycles. The Morgan fingerprint density at radius 1 is 1.41 bits per heavy atom. The van der Waals surface area contributed by atoms with Crippen molar-refractivity contribution in [1.82, 2.24) is 14.6 Å². The summed E-state index contributed by atoms with van der Waals surface area (Å²) in [5.74, 6) is 0.311. The van der Waals surface area contributed by atoms with E-state index >= 15 is 0 Å². The van der Waals surface area contributed by atoms with E-state index in [1.165, 1.54) is 0 Å². The molecule has 0 radical (unpaired) electrons. The molecule has 17 heavy (non-hydrogen) atoms. The predicted octanol–water partition coefficient (Wildman–Crippen LogP) is 1.44. The molecule has 0 aromatic carbocycles. The average molecular weight is 231 g/mol. The fourth-order valence-electron chi connectivity index (χ4n) is 2.31. The van der Waals surface area contributed by atoms with E-state index in [1.54, 1.807) is 10.7 Å². The number of rotatable bonds is 2. The van der Waals surface area contributed by atoms with Crippen molar-refractivity contribution in [2.75, 3.05) is 13.2 Å². The lowest BCUT2D eigenvalue weighted by atomic mass is 9.94. The molecule has 1 aliphatic rings. The standard InChI is InChI=1S/C12H13N3O2/c16-8-10-11(9-2-6-17-7-3-9)14-15-5-1-4-13-12(10)15/h1,4-5,8-9H,2-3,6-7H2. The highest BCUT2D eigenvalue weighted by molar-refractivity contribution is 5.86. The summed E-state index contributed by atoms with van der Waals surface area (Å²) >= 11 is 0. The molecule has 0 unspecified atom stereocenters. The van der Waals surface area contributed by atoms with Crippen LogP contribution in [-0.4, -0.2) is 34.1 Å². The number of nitrogens with zero attached hydrogens (tertiary/aromatic N) is 3. The molecule has 2 aromatic rings. The minimum absolute atomic E-state index is 0.311. The number of aromatic nitrogens is 3. The lowest BCUT2D eigenvalue weighted by molar-refractivity contribution is 0.0840. The maximum Gasteiger partial charge on any atom is 0.165 e. The monoisotopic (exact) mass is 231 g/mol. The van der Waals surface area contributed by atoms with E-state index in [1.807, 2.05) is 12.3 Å². The van der Waals surface area contributed by atoms with Crippen LogP contribution in [0.25, 0.3) is 5.65 Å². The van der Waals surface area contributed by atoms with Crippen LogP contribution in [0.3, 0.4) is 0 Å². The Labute approximate surface area is 98.4 Å². The summed E-state index contributed by atoms with van der Waals surface area (Å²) in [5, 5.41) is 4.47. The van der Waals surface area contributed by atoms with Gasteiger partial charge in [-0.05, 0) is 18.9 Å². The van der Waals surface area contributed by atoms with Gasteiger partial charge in [0.25, 0.3) is 0 Å². The Kier molecular flexibility index (Phi) is 2.60. The summed E-state index contributed by atoms with van der Waals surface area (Å²) in [5.41, 5.74) is 2.13. The van der Waals surface area contributed by atoms with Crippen molar-refractivity contribution in [1.29, 1.82) is 0 Å². The first-order valence-corrected chi connectivity index (χ1v) is 5.76. The summed E-state index contributed by atoms with van der Waals surface area (Å²) in [6.07, 6.45) is 6.20. The molecule has 0 atom stereocenters. The summed E-state index contributed by atoms with van der Waals surface area (Å²) in [6, 6.07) is 1.81. The van der Waals surface area contributed by atoms with Crippen molar-refractivity contribution in [3.8, 4) is 0 Å². The van der Waals surface area contributed by atoms with Crippen molar-refractivity contribution >= 4 is 11.9 Å². The smallest absolute Gasteiger partial charge is 0.165 e. The summed E-state index contributed by atoms with van der Waals surface area (Å²) in [7, 11) is 0. The minimum Gasteiger partial charge on any atom is -0.381 e. The number of ether oxygens (including phenoxy) is 1. The van der Waals surface area contributed by atoms with E-state index in [-0.39, 0.29) is 0 Å². The largest absolute Gasteiger partial charge is 0.381 e. The second kappa shape index (κ2) is 4.25. The third-order valence-corrected chi connectivity index (χ3v) is 3.19. The Morgan fingerprint density at radius 3 is 3.00 bits per heavy atom. The highest BCUT2D eigenvalue weighted by atomic mass is 16.5. The zero-order valence-electron chi connectivity index (χ0n) is 9.37. The molecule has 1 saturated heterocycles. The quantitative estimate of drug-likeness (QED) is 0.734. The van der Waals surface area contributed by atoms with E-state index in [0.717, 1.165) is 38.0 Å². The molecule has 2 aromatic heterocycles. The molecule has 3 rings (SSSR count).